The number of nitrogens with zero attached hydrogens (tertiary/aromatic N) is 5. The van der Waals surface area contributed by atoms with Crippen LogP contribution in [-0.2, 0) is 6.54 Å². The number of carbonyl (C=O) groups excluding carboxylic acids is 1. The van der Waals surface area contributed by atoms with Crippen LogP contribution in [0.4, 0.5) is 0 Å². The van der Waals surface area contributed by atoms with Crippen LogP contribution < -0.4 is 5.32 Å². The molecule has 5 aromatic rings. The lowest BCUT2D eigenvalue weighted by Crippen LogP contribution is -2.22. The molecule has 5 rings (SSSR count). The number of hydrogen-bond acceptors (Lipinski definition) is 5. The number of para-hydroxylation sites is 1. The Morgan fingerprint density at radius 2 is 1.97 bits per heavy atom. The standard InChI is InChI=1S/C24H19ClN6O/c1-2-26-24(32)18-9-8-16(13-19(18)25)20-10-11-21-23(28-20)31(30-29-21)14-17-6-3-5-15-7-4-12-27-22(15)17/h3-13H,2,14H2,1H3,(H,26,32). The molecule has 0 saturated heterocycles. The Hall–Kier alpha value is -3.84. The molecule has 2 aromatic carbocycles. The highest BCUT2D eigenvalue weighted by Gasteiger charge is 2.14. The van der Waals surface area contributed by atoms with Gasteiger partial charge in [-0.25, -0.2) is 9.67 Å². The van der Waals surface area contributed by atoms with Crippen molar-refractivity contribution in [2.45, 2.75) is 13.5 Å². The highest BCUT2D eigenvalue weighted by molar-refractivity contribution is 6.34. The molecule has 1 N–H and O–H groups in total. The third-order valence-corrected chi connectivity index (χ3v) is 5.56. The number of amides is 1. The summed E-state index contributed by atoms with van der Waals surface area (Å²) in [5.74, 6) is -0.196. The first-order valence-corrected chi connectivity index (χ1v) is 10.6. The van der Waals surface area contributed by atoms with Gasteiger partial charge in [0.2, 0.25) is 0 Å². The van der Waals surface area contributed by atoms with Gasteiger partial charge in [0.15, 0.2) is 5.65 Å². The average molecular weight is 443 g/mol. The van der Waals surface area contributed by atoms with E-state index in [1.807, 2.05) is 55.5 Å². The minimum absolute atomic E-state index is 0.196. The smallest absolute Gasteiger partial charge is 0.252 e. The lowest BCUT2D eigenvalue weighted by atomic mass is 10.1. The van der Waals surface area contributed by atoms with Crippen LogP contribution in [0.2, 0.25) is 5.02 Å². The van der Waals surface area contributed by atoms with E-state index in [0.717, 1.165) is 27.7 Å². The van der Waals surface area contributed by atoms with Crippen molar-refractivity contribution in [2.24, 2.45) is 0 Å². The Bertz CT molecular complexity index is 1460. The van der Waals surface area contributed by atoms with Crippen molar-refractivity contribution in [1.82, 2.24) is 30.3 Å². The maximum Gasteiger partial charge on any atom is 0.252 e. The van der Waals surface area contributed by atoms with E-state index in [2.05, 4.69) is 20.6 Å². The molecule has 3 aromatic heterocycles. The summed E-state index contributed by atoms with van der Waals surface area (Å²) in [6, 6.07) is 19.1. The van der Waals surface area contributed by atoms with Crippen molar-refractivity contribution in [2.75, 3.05) is 6.54 Å². The van der Waals surface area contributed by atoms with E-state index >= 15 is 0 Å². The summed E-state index contributed by atoms with van der Waals surface area (Å²) in [5.41, 5.74) is 5.31. The first kappa shape index (κ1) is 20.1. The summed E-state index contributed by atoms with van der Waals surface area (Å²) in [6.45, 7) is 2.90. The van der Waals surface area contributed by atoms with E-state index in [1.165, 1.54) is 0 Å². The fourth-order valence-electron chi connectivity index (χ4n) is 3.69. The molecule has 3 heterocycles. The lowest BCUT2D eigenvalue weighted by molar-refractivity contribution is 0.0956. The van der Waals surface area contributed by atoms with Crippen LogP contribution >= 0.6 is 11.6 Å². The minimum atomic E-state index is -0.196. The molecule has 0 radical (unpaired) electrons. The number of pyridine rings is 2. The summed E-state index contributed by atoms with van der Waals surface area (Å²) < 4.78 is 1.77. The molecule has 0 bridgehead atoms. The van der Waals surface area contributed by atoms with E-state index in [1.54, 1.807) is 23.0 Å². The number of aromatic nitrogens is 5. The molecule has 7 nitrogen and oxygen atoms in total. The number of hydrogen-bond donors (Lipinski definition) is 1. The lowest BCUT2D eigenvalue weighted by Gasteiger charge is -2.08. The molecule has 158 valence electrons. The Balaban J connectivity index is 1.52. The molecule has 0 spiro atoms. The molecular formula is C24H19ClN6O. The normalized spacial score (nSPS) is 11.2. The number of carbonyl (C=O) groups is 1. The molecule has 0 aliphatic heterocycles. The van der Waals surface area contributed by atoms with E-state index in [-0.39, 0.29) is 5.91 Å². The molecule has 0 fully saturated rings. The second kappa shape index (κ2) is 8.36. The third kappa shape index (κ3) is 3.67. The van der Waals surface area contributed by atoms with Crippen LogP contribution in [0, 0.1) is 0 Å². The molecule has 0 aliphatic rings. The van der Waals surface area contributed by atoms with Gasteiger partial charge in [-0.15, -0.1) is 5.10 Å². The number of fused-ring (bicyclic) bond motifs is 2. The fraction of sp³-hybridized carbons (Fsp3) is 0.125. The SMILES string of the molecule is CCNC(=O)c1ccc(-c2ccc3nnn(Cc4cccc5cccnc45)c3n2)cc1Cl. The predicted molar refractivity (Wildman–Crippen MR) is 125 cm³/mol. The Kier molecular flexibility index (Phi) is 5.25. The first-order valence-electron chi connectivity index (χ1n) is 10.2. The fourth-order valence-corrected chi connectivity index (χ4v) is 3.96. The predicted octanol–water partition coefficient (Wildman–Crippen LogP) is 4.49. The molecule has 0 aliphatic carbocycles. The van der Waals surface area contributed by atoms with Crippen LogP contribution in [0.3, 0.4) is 0 Å². The second-order valence-corrected chi connectivity index (χ2v) is 7.74. The van der Waals surface area contributed by atoms with Crippen molar-refractivity contribution >= 4 is 39.6 Å². The van der Waals surface area contributed by atoms with Gasteiger partial charge < -0.3 is 5.32 Å². The molecular weight excluding hydrogens is 424 g/mol. The van der Waals surface area contributed by atoms with Crippen molar-refractivity contribution in [1.29, 1.82) is 0 Å². The maximum absolute atomic E-state index is 12.1. The Labute approximate surface area is 189 Å². The zero-order valence-corrected chi connectivity index (χ0v) is 18.0. The summed E-state index contributed by atoms with van der Waals surface area (Å²) in [5, 5.41) is 12.8. The summed E-state index contributed by atoms with van der Waals surface area (Å²) in [7, 11) is 0. The van der Waals surface area contributed by atoms with Gasteiger partial charge in [0, 0.05) is 23.7 Å². The Morgan fingerprint density at radius 3 is 2.81 bits per heavy atom. The molecule has 0 unspecified atom stereocenters. The maximum atomic E-state index is 12.1. The first-order chi connectivity index (χ1) is 15.6. The Morgan fingerprint density at radius 1 is 1.09 bits per heavy atom. The van der Waals surface area contributed by atoms with Gasteiger partial charge in [0.25, 0.3) is 5.91 Å². The summed E-state index contributed by atoms with van der Waals surface area (Å²) in [6.07, 6.45) is 1.79. The molecule has 1 amide bonds. The van der Waals surface area contributed by atoms with Crippen LogP contribution in [-0.4, -0.2) is 37.4 Å². The molecule has 0 saturated carbocycles. The number of benzene rings is 2. The molecule has 8 heteroatoms. The zero-order valence-electron chi connectivity index (χ0n) is 17.3. The van der Waals surface area contributed by atoms with Crippen molar-refractivity contribution in [3.63, 3.8) is 0 Å². The van der Waals surface area contributed by atoms with E-state index in [0.29, 0.717) is 34.8 Å². The van der Waals surface area contributed by atoms with E-state index in [9.17, 15) is 4.79 Å². The monoisotopic (exact) mass is 442 g/mol. The van der Waals surface area contributed by atoms with Gasteiger partial charge in [-0.05, 0) is 42.8 Å². The third-order valence-electron chi connectivity index (χ3n) is 5.24. The minimum Gasteiger partial charge on any atom is -0.352 e. The van der Waals surface area contributed by atoms with E-state index < -0.39 is 0 Å². The average Bonchev–Trinajstić information content (AvgIpc) is 3.21. The highest BCUT2D eigenvalue weighted by Crippen LogP contribution is 2.26. The quantitative estimate of drug-likeness (QED) is 0.433. The van der Waals surface area contributed by atoms with E-state index in [4.69, 9.17) is 16.6 Å². The van der Waals surface area contributed by atoms with Crippen LogP contribution in [0.15, 0.2) is 66.9 Å². The highest BCUT2D eigenvalue weighted by atomic mass is 35.5. The van der Waals surface area contributed by atoms with Gasteiger partial charge in [-0.3, -0.25) is 9.78 Å². The molecule has 32 heavy (non-hydrogen) atoms. The van der Waals surface area contributed by atoms with Gasteiger partial charge in [0.1, 0.15) is 5.52 Å². The van der Waals surface area contributed by atoms with Crippen molar-refractivity contribution in [3.8, 4) is 11.3 Å². The van der Waals surface area contributed by atoms with Gasteiger partial charge in [-0.1, -0.05) is 47.1 Å². The van der Waals surface area contributed by atoms with Crippen molar-refractivity contribution in [3.05, 3.63) is 83.0 Å². The van der Waals surface area contributed by atoms with Gasteiger partial charge in [0.05, 0.1) is 28.3 Å². The number of rotatable bonds is 5. The number of halogens is 1. The van der Waals surface area contributed by atoms with Gasteiger partial charge >= 0.3 is 0 Å². The van der Waals surface area contributed by atoms with Crippen LogP contribution in [0.25, 0.3) is 33.3 Å². The molecule has 0 atom stereocenters. The van der Waals surface area contributed by atoms with Crippen LogP contribution in [0.1, 0.15) is 22.8 Å². The van der Waals surface area contributed by atoms with Gasteiger partial charge in [-0.2, -0.15) is 0 Å². The summed E-state index contributed by atoms with van der Waals surface area (Å²) >= 11 is 6.38. The zero-order chi connectivity index (χ0) is 22.1. The number of nitrogens with one attached hydrogen (secondary N) is 1. The van der Waals surface area contributed by atoms with Crippen molar-refractivity contribution < 1.29 is 4.79 Å². The van der Waals surface area contributed by atoms with Crippen LogP contribution in [0.5, 0.6) is 0 Å². The topological polar surface area (TPSA) is 85.6 Å². The summed E-state index contributed by atoms with van der Waals surface area (Å²) in [4.78, 5) is 21.4. The largest absolute Gasteiger partial charge is 0.352 e. The second-order valence-electron chi connectivity index (χ2n) is 7.33.